The van der Waals surface area contributed by atoms with Gasteiger partial charge in [0.15, 0.2) is 0 Å². The molecule has 0 saturated carbocycles. The maximum absolute atomic E-state index is 11.8. The van der Waals surface area contributed by atoms with Crippen LogP contribution < -0.4 is 0 Å². The van der Waals surface area contributed by atoms with Gasteiger partial charge in [0, 0.05) is 13.2 Å². The van der Waals surface area contributed by atoms with Crippen LogP contribution in [0, 0.1) is 5.92 Å². The fourth-order valence-electron chi connectivity index (χ4n) is 1.21. The zero-order chi connectivity index (χ0) is 8.27. The molecule has 0 spiro atoms. The molecular weight excluding hydrogens is 154 g/mol. The minimum absolute atomic E-state index is 0.124. The Labute approximate surface area is 64.2 Å². The number of halogens is 2. The second kappa shape index (κ2) is 3.97. The van der Waals surface area contributed by atoms with Crippen molar-refractivity contribution in [3.8, 4) is 0 Å². The summed E-state index contributed by atoms with van der Waals surface area (Å²) in [5.74, 6) is 0.124. The van der Waals surface area contributed by atoms with Crippen molar-refractivity contribution in [1.82, 2.24) is 0 Å². The quantitative estimate of drug-likeness (QED) is 0.678. The molecule has 0 aromatic heterocycles. The third kappa shape index (κ3) is 2.71. The van der Waals surface area contributed by atoms with Gasteiger partial charge in [-0.15, -0.1) is 0 Å². The van der Waals surface area contributed by atoms with Crippen LogP contribution in [0.2, 0.25) is 0 Å². The van der Waals surface area contributed by atoms with E-state index in [1.807, 2.05) is 0 Å². The third-order valence-corrected chi connectivity index (χ3v) is 1.89. The van der Waals surface area contributed by atoms with Gasteiger partial charge in [-0.05, 0) is 18.8 Å². The number of aliphatic hydroxyl groups is 1. The molecule has 11 heavy (non-hydrogen) atoms. The molecule has 0 radical (unpaired) electrons. The van der Waals surface area contributed by atoms with Gasteiger partial charge in [-0.25, -0.2) is 8.78 Å². The molecule has 1 fully saturated rings. The van der Waals surface area contributed by atoms with Crippen molar-refractivity contribution in [2.24, 2.45) is 5.92 Å². The fourth-order valence-corrected chi connectivity index (χ4v) is 1.21. The summed E-state index contributed by atoms with van der Waals surface area (Å²) in [7, 11) is 0. The predicted molar refractivity (Wildman–Crippen MR) is 35.6 cm³/mol. The van der Waals surface area contributed by atoms with E-state index in [-0.39, 0.29) is 12.3 Å². The maximum Gasteiger partial charge on any atom is 0.264 e. The van der Waals surface area contributed by atoms with Gasteiger partial charge in [0.25, 0.3) is 6.43 Å². The van der Waals surface area contributed by atoms with E-state index in [0.717, 1.165) is 6.42 Å². The molecule has 0 aliphatic carbocycles. The smallest absolute Gasteiger partial charge is 0.264 e. The van der Waals surface area contributed by atoms with Crippen molar-refractivity contribution >= 4 is 0 Å². The number of hydrogen-bond donors (Lipinski definition) is 1. The van der Waals surface area contributed by atoms with E-state index in [4.69, 9.17) is 9.84 Å². The topological polar surface area (TPSA) is 29.5 Å². The van der Waals surface area contributed by atoms with Crippen LogP contribution in [0.3, 0.4) is 0 Å². The summed E-state index contributed by atoms with van der Waals surface area (Å²) in [6, 6.07) is 0. The zero-order valence-electron chi connectivity index (χ0n) is 6.17. The van der Waals surface area contributed by atoms with Crippen LogP contribution in [0.5, 0.6) is 0 Å². The van der Waals surface area contributed by atoms with Gasteiger partial charge in [0.05, 0.1) is 0 Å². The van der Waals surface area contributed by atoms with Crippen LogP contribution in [-0.4, -0.2) is 30.8 Å². The van der Waals surface area contributed by atoms with Gasteiger partial charge in [-0.1, -0.05) is 0 Å². The lowest BCUT2D eigenvalue weighted by Crippen LogP contribution is -2.21. The SMILES string of the molecule is OC(CC1CCOC1)C(F)F. The van der Waals surface area contributed by atoms with Gasteiger partial charge in [0.2, 0.25) is 0 Å². The molecule has 66 valence electrons. The number of rotatable bonds is 3. The number of aliphatic hydroxyl groups excluding tert-OH is 1. The predicted octanol–water partition coefficient (Wildman–Crippen LogP) is 1.04. The van der Waals surface area contributed by atoms with E-state index in [9.17, 15) is 8.78 Å². The van der Waals surface area contributed by atoms with Crippen molar-refractivity contribution in [3.05, 3.63) is 0 Å². The van der Waals surface area contributed by atoms with Crippen LogP contribution in [0.25, 0.3) is 0 Å². The molecule has 1 saturated heterocycles. The largest absolute Gasteiger partial charge is 0.387 e. The summed E-state index contributed by atoms with van der Waals surface area (Å²) in [5.41, 5.74) is 0. The highest BCUT2D eigenvalue weighted by Crippen LogP contribution is 2.20. The van der Waals surface area contributed by atoms with Gasteiger partial charge in [-0.2, -0.15) is 0 Å². The Morgan fingerprint density at radius 2 is 2.27 bits per heavy atom. The van der Waals surface area contributed by atoms with Crippen molar-refractivity contribution in [2.45, 2.75) is 25.4 Å². The highest BCUT2D eigenvalue weighted by atomic mass is 19.3. The third-order valence-electron chi connectivity index (χ3n) is 1.89. The lowest BCUT2D eigenvalue weighted by Gasteiger charge is -2.12. The Morgan fingerprint density at radius 1 is 1.55 bits per heavy atom. The summed E-state index contributed by atoms with van der Waals surface area (Å²) in [4.78, 5) is 0. The Hall–Kier alpha value is -0.220. The van der Waals surface area contributed by atoms with Crippen LogP contribution >= 0.6 is 0 Å². The molecule has 0 aromatic rings. The minimum Gasteiger partial charge on any atom is -0.387 e. The van der Waals surface area contributed by atoms with E-state index >= 15 is 0 Å². The first kappa shape index (κ1) is 8.87. The second-order valence-corrected chi connectivity index (χ2v) is 2.87. The van der Waals surface area contributed by atoms with Crippen LogP contribution in [0.4, 0.5) is 8.78 Å². The second-order valence-electron chi connectivity index (χ2n) is 2.87. The van der Waals surface area contributed by atoms with E-state index in [1.54, 1.807) is 0 Å². The molecule has 0 aromatic carbocycles. The summed E-state index contributed by atoms with van der Waals surface area (Å²) < 4.78 is 28.6. The monoisotopic (exact) mass is 166 g/mol. The first-order valence-electron chi connectivity index (χ1n) is 3.74. The van der Waals surface area contributed by atoms with Crippen LogP contribution in [0.15, 0.2) is 0 Å². The highest BCUT2D eigenvalue weighted by Gasteiger charge is 2.24. The van der Waals surface area contributed by atoms with Gasteiger partial charge >= 0.3 is 0 Å². The molecule has 2 atom stereocenters. The molecule has 0 bridgehead atoms. The maximum atomic E-state index is 11.8. The van der Waals surface area contributed by atoms with Crippen molar-refractivity contribution in [2.75, 3.05) is 13.2 Å². The Kier molecular flexibility index (Phi) is 3.20. The van der Waals surface area contributed by atoms with E-state index in [1.165, 1.54) is 0 Å². The normalized spacial score (nSPS) is 27.8. The summed E-state index contributed by atoms with van der Waals surface area (Å²) in [6.07, 6.45) is -3.13. The molecule has 1 heterocycles. The molecule has 1 N–H and O–H groups in total. The molecule has 4 heteroatoms. The number of alkyl halides is 2. The Morgan fingerprint density at radius 3 is 2.73 bits per heavy atom. The zero-order valence-corrected chi connectivity index (χ0v) is 6.17. The lowest BCUT2D eigenvalue weighted by atomic mass is 10.0. The molecule has 0 amide bonds. The first-order chi connectivity index (χ1) is 5.20. The Balaban J connectivity index is 2.18. The van der Waals surface area contributed by atoms with Crippen LogP contribution in [-0.2, 0) is 4.74 Å². The van der Waals surface area contributed by atoms with E-state index in [2.05, 4.69) is 0 Å². The van der Waals surface area contributed by atoms with E-state index in [0.29, 0.717) is 13.2 Å². The fraction of sp³-hybridized carbons (Fsp3) is 1.00. The molecule has 1 rings (SSSR count). The number of ether oxygens (including phenoxy) is 1. The first-order valence-corrected chi connectivity index (χ1v) is 3.74. The molecule has 2 nitrogen and oxygen atoms in total. The van der Waals surface area contributed by atoms with E-state index < -0.39 is 12.5 Å². The van der Waals surface area contributed by atoms with Crippen LogP contribution in [0.1, 0.15) is 12.8 Å². The molecule has 1 aliphatic heterocycles. The standard InChI is InChI=1S/C7H12F2O2/c8-7(9)6(10)3-5-1-2-11-4-5/h5-7,10H,1-4H2. The lowest BCUT2D eigenvalue weighted by molar-refractivity contribution is -0.0181. The average Bonchev–Trinajstić information content (AvgIpc) is 2.39. The highest BCUT2D eigenvalue weighted by molar-refractivity contribution is 4.69. The molecular formula is C7H12F2O2. The van der Waals surface area contributed by atoms with Crippen molar-refractivity contribution in [3.63, 3.8) is 0 Å². The van der Waals surface area contributed by atoms with Gasteiger partial charge < -0.3 is 9.84 Å². The Bertz CT molecular complexity index is 113. The summed E-state index contributed by atoms with van der Waals surface area (Å²) >= 11 is 0. The molecule has 1 aliphatic rings. The average molecular weight is 166 g/mol. The summed E-state index contributed by atoms with van der Waals surface area (Å²) in [6.45, 7) is 1.16. The van der Waals surface area contributed by atoms with Gasteiger partial charge in [-0.3, -0.25) is 0 Å². The molecule has 2 unspecified atom stereocenters. The minimum atomic E-state index is -2.62. The van der Waals surface area contributed by atoms with Crippen molar-refractivity contribution < 1.29 is 18.6 Å². The van der Waals surface area contributed by atoms with Crippen molar-refractivity contribution in [1.29, 1.82) is 0 Å². The van der Waals surface area contributed by atoms with Gasteiger partial charge in [0.1, 0.15) is 6.10 Å². The summed E-state index contributed by atoms with van der Waals surface area (Å²) in [5, 5.41) is 8.78. The number of hydrogen-bond acceptors (Lipinski definition) is 2.